The molecule has 0 bridgehead atoms. The Morgan fingerprint density at radius 1 is 1.05 bits per heavy atom. The van der Waals surface area contributed by atoms with Crippen molar-refractivity contribution >= 4 is 11.8 Å². The second-order valence-electron chi connectivity index (χ2n) is 6.83. The van der Waals surface area contributed by atoms with E-state index in [-0.39, 0.29) is 17.2 Å². The van der Waals surface area contributed by atoms with Gasteiger partial charge in [-0.2, -0.15) is 0 Å². The van der Waals surface area contributed by atoms with E-state index in [2.05, 4.69) is 4.98 Å². The van der Waals surface area contributed by atoms with Gasteiger partial charge in [-0.25, -0.2) is 0 Å². The van der Waals surface area contributed by atoms with Crippen molar-refractivity contribution < 1.29 is 9.59 Å². The summed E-state index contributed by atoms with van der Waals surface area (Å²) in [7, 11) is 0. The Morgan fingerprint density at radius 2 is 1.57 bits per heavy atom. The summed E-state index contributed by atoms with van der Waals surface area (Å²) in [5.41, 5.74) is 2.28. The average molecular weight is 291 g/mol. The molecule has 0 spiro atoms. The highest BCUT2D eigenvalue weighted by atomic mass is 16.2. The molecule has 0 atom stereocenters. The summed E-state index contributed by atoms with van der Waals surface area (Å²) >= 11 is 0. The fourth-order valence-corrected chi connectivity index (χ4v) is 2.70. The van der Waals surface area contributed by atoms with E-state index in [1.165, 1.54) is 0 Å². The first-order valence-electron chi connectivity index (χ1n) is 7.45. The maximum Gasteiger partial charge on any atom is 0.255 e. The van der Waals surface area contributed by atoms with E-state index in [0.29, 0.717) is 26.2 Å². The second kappa shape index (κ2) is 5.54. The summed E-state index contributed by atoms with van der Waals surface area (Å²) in [4.78, 5) is 31.6. The number of rotatable bonds is 1. The van der Waals surface area contributed by atoms with E-state index in [0.717, 1.165) is 17.0 Å². The molecule has 5 nitrogen and oxygen atoms in total. The van der Waals surface area contributed by atoms with Gasteiger partial charge in [0.25, 0.3) is 5.91 Å². The molecule has 0 aliphatic carbocycles. The number of piperazine rings is 1. The van der Waals surface area contributed by atoms with Crippen molar-refractivity contribution in [3.05, 3.63) is 23.0 Å². The lowest BCUT2D eigenvalue weighted by Crippen LogP contribution is -2.53. The van der Waals surface area contributed by atoms with Gasteiger partial charge < -0.3 is 14.8 Å². The predicted molar refractivity (Wildman–Crippen MR) is 82.2 cm³/mol. The summed E-state index contributed by atoms with van der Waals surface area (Å²) in [6.45, 7) is 12.1. The zero-order chi connectivity index (χ0) is 15.8. The van der Waals surface area contributed by atoms with Gasteiger partial charge >= 0.3 is 0 Å². The fourth-order valence-electron chi connectivity index (χ4n) is 2.70. The molecule has 1 aliphatic heterocycles. The van der Waals surface area contributed by atoms with Gasteiger partial charge in [0.15, 0.2) is 0 Å². The molecule has 1 N–H and O–H groups in total. The van der Waals surface area contributed by atoms with Crippen LogP contribution in [0.5, 0.6) is 0 Å². The van der Waals surface area contributed by atoms with Crippen LogP contribution in [0.25, 0.3) is 0 Å². The van der Waals surface area contributed by atoms with Crippen LogP contribution in [-0.2, 0) is 4.79 Å². The molecule has 116 valence electrons. The van der Waals surface area contributed by atoms with Crippen LogP contribution in [0.15, 0.2) is 6.07 Å². The quantitative estimate of drug-likeness (QED) is 0.860. The normalized spacial score (nSPS) is 16.2. The van der Waals surface area contributed by atoms with Crippen LogP contribution in [0.1, 0.15) is 42.5 Å². The van der Waals surface area contributed by atoms with Gasteiger partial charge in [-0.05, 0) is 19.9 Å². The Bertz CT molecular complexity index is 546. The number of carbonyl (C=O) groups is 2. The van der Waals surface area contributed by atoms with Gasteiger partial charge in [-0.15, -0.1) is 0 Å². The first kappa shape index (κ1) is 15.6. The van der Waals surface area contributed by atoms with Crippen molar-refractivity contribution in [2.24, 2.45) is 5.41 Å². The molecular weight excluding hydrogens is 266 g/mol. The number of nitrogens with zero attached hydrogens (tertiary/aromatic N) is 2. The smallest absolute Gasteiger partial charge is 0.255 e. The minimum absolute atomic E-state index is 0.0553. The highest BCUT2D eigenvalue weighted by Crippen LogP contribution is 2.20. The molecule has 2 heterocycles. The van der Waals surface area contributed by atoms with Crippen LogP contribution >= 0.6 is 0 Å². The van der Waals surface area contributed by atoms with Crippen LogP contribution in [0.4, 0.5) is 0 Å². The van der Waals surface area contributed by atoms with E-state index in [9.17, 15) is 9.59 Å². The maximum atomic E-state index is 12.5. The third kappa shape index (κ3) is 3.28. The molecular formula is C16H25N3O2. The van der Waals surface area contributed by atoms with Crippen molar-refractivity contribution in [1.29, 1.82) is 0 Å². The number of carbonyl (C=O) groups excluding carboxylic acids is 2. The summed E-state index contributed by atoms with van der Waals surface area (Å²) in [6, 6.07) is 1.89. The zero-order valence-corrected chi connectivity index (χ0v) is 13.6. The number of aromatic amines is 1. The number of nitrogens with one attached hydrogen (secondary N) is 1. The van der Waals surface area contributed by atoms with Crippen LogP contribution in [0.2, 0.25) is 0 Å². The van der Waals surface area contributed by atoms with Crippen molar-refractivity contribution in [3.8, 4) is 0 Å². The molecule has 2 amide bonds. The van der Waals surface area contributed by atoms with Crippen molar-refractivity contribution in [2.75, 3.05) is 26.2 Å². The standard InChI is InChI=1S/C16H25N3O2/c1-11-10-13(12(2)17-11)14(20)18-6-8-19(9-7-18)15(21)16(3,4)5/h10,17H,6-9H2,1-5H3. The molecule has 0 unspecified atom stereocenters. The zero-order valence-electron chi connectivity index (χ0n) is 13.6. The molecule has 1 aromatic rings. The summed E-state index contributed by atoms with van der Waals surface area (Å²) < 4.78 is 0. The van der Waals surface area contributed by atoms with Crippen LogP contribution in [-0.4, -0.2) is 52.8 Å². The third-order valence-electron chi connectivity index (χ3n) is 3.88. The molecule has 1 saturated heterocycles. The summed E-state index contributed by atoms with van der Waals surface area (Å²) in [5.74, 6) is 0.211. The first-order chi connectivity index (χ1) is 9.70. The van der Waals surface area contributed by atoms with Gasteiger partial charge in [0.1, 0.15) is 0 Å². The molecule has 1 aliphatic rings. The lowest BCUT2D eigenvalue weighted by molar-refractivity contribution is -0.140. The Labute approximate surface area is 126 Å². The van der Waals surface area contributed by atoms with Gasteiger partial charge in [0.2, 0.25) is 5.91 Å². The molecule has 1 aromatic heterocycles. The Hall–Kier alpha value is -1.78. The number of hydrogen-bond donors (Lipinski definition) is 1. The van der Waals surface area contributed by atoms with Gasteiger partial charge in [0.05, 0.1) is 5.56 Å². The van der Waals surface area contributed by atoms with Gasteiger partial charge in [0, 0.05) is 43.0 Å². The summed E-state index contributed by atoms with van der Waals surface area (Å²) in [5, 5.41) is 0. The molecule has 21 heavy (non-hydrogen) atoms. The highest BCUT2D eigenvalue weighted by molar-refractivity contribution is 5.95. The first-order valence-corrected chi connectivity index (χ1v) is 7.45. The topological polar surface area (TPSA) is 56.4 Å². The van der Waals surface area contributed by atoms with E-state index in [1.54, 1.807) is 0 Å². The largest absolute Gasteiger partial charge is 0.362 e. The number of aryl methyl sites for hydroxylation is 2. The average Bonchev–Trinajstić information content (AvgIpc) is 2.75. The molecule has 5 heteroatoms. The molecule has 2 rings (SSSR count). The highest BCUT2D eigenvalue weighted by Gasteiger charge is 2.31. The maximum absolute atomic E-state index is 12.5. The molecule has 0 saturated carbocycles. The Morgan fingerprint density at radius 3 is 2.00 bits per heavy atom. The molecule has 0 aromatic carbocycles. The monoisotopic (exact) mass is 291 g/mol. The predicted octanol–water partition coefficient (Wildman–Crippen LogP) is 1.96. The van der Waals surface area contributed by atoms with E-state index in [1.807, 2.05) is 50.5 Å². The van der Waals surface area contributed by atoms with Crippen LogP contribution in [0.3, 0.4) is 0 Å². The minimum atomic E-state index is -0.361. The molecule has 0 radical (unpaired) electrons. The lowest BCUT2D eigenvalue weighted by atomic mass is 9.94. The fraction of sp³-hybridized carbons (Fsp3) is 0.625. The second-order valence-corrected chi connectivity index (χ2v) is 6.83. The Kier molecular flexibility index (Phi) is 4.12. The van der Waals surface area contributed by atoms with E-state index in [4.69, 9.17) is 0 Å². The lowest BCUT2D eigenvalue weighted by Gasteiger charge is -2.37. The summed E-state index contributed by atoms with van der Waals surface area (Å²) in [6.07, 6.45) is 0. The van der Waals surface area contributed by atoms with Crippen LogP contribution in [0, 0.1) is 19.3 Å². The minimum Gasteiger partial charge on any atom is -0.362 e. The van der Waals surface area contributed by atoms with Gasteiger partial charge in [-0.1, -0.05) is 20.8 Å². The van der Waals surface area contributed by atoms with E-state index >= 15 is 0 Å². The van der Waals surface area contributed by atoms with Crippen molar-refractivity contribution in [2.45, 2.75) is 34.6 Å². The SMILES string of the molecule is Cc1cc(C(=O)N2CCN(C(=O)C(C)(C)C)CC2)c(C)[nH]1. The molecule has 1 fully saturated rings. The van der Waals surface area contributed by atoms with Crippen molar-refractivity contribution in [3.63, 3.8) is 0 Å². The van der Waals surface area contributed by atoms with Crippen molar-refractivity contribution in [1.82, 2.24) is 14.8 Å². The number of aromatic nitrogens is 1. The third-order valence-corrected chi connectivity index (χ3v) is 3.88. The van der Waals surface area contributed by atoms with E-state index < -0.39 is 0 Å². The number of H-pyrrole nitrogens is 1. The Balaban J connectivity index is 2.00. The van der Waals surface area contributed by atoms with Crippen LogP contribution < -0.4 is 0 Å². The number of hydrogen-bond acceptors (Lipinski definition) is 2. The number of amides is 2. The van der Waals surface area contributed by atoms with Gasteiger partial charge in [-0.3, -0.25) is 9.59 Å².